The molecule has 0 atom stereocenters. The normalized spacial score (nSPS) is 11.6. The SMILES string of the molecule is c1ccc(-c2ccc(N(c3ccc(-c4cccc5c4oc4ncccc45)cc3)c3ccc4c(ccc5ccc6ccccc6c54)c3)cc2)cc1. The van der Waals surface area contributed by atoms with E-state index in [1.165, 1.54) is 43.4 Å². The van der Waals surface area contributed by atoms with Crippen LogP contribution in [-0.2, 0) is 0 Å². The molecule has 0 amide bonds. The molecule has 234 valence electrons. The number of furan rings is 1. The van der Waals surface area contributed by atoms with Crippen LogP contribution in [0.25, 0.3) is 76.6 Å². The van der Waals surface area contributed by atoms with Crippen molar-refractivity contribution in [2.75, 3.05) is 4.90 Å². The minimum absolute atomic E-state index is 0.661. The fraction of sp³-hybridized carbons (Fsp3) is 0. The van der Waals surface area contributed by atoms with Gasteiger partial charge in [-0.2, -0.15) is 0 Å². The molecule has 0 aliphatic rings. The van der Waals surface area contributed by atoms with E-state index in [2.05, 4.69) is 180 Å². The van der Waals surface area contributed by atoms with Crippen LogP contribution in [0.4, 0.5) is 17.1 Å². The van der Waals surface area contributed by atoms with Crippen LogP contribution in [0.15, 0.2) is 187 Å². The van der Waals surface area contributed by atoms with Crippen LogP contribution in [-0.4, -0.2) is 4.98 Å². The third-order valence-electron chi connectivity index (χ3n) is 9.91. The highest BCUT2D eigenvalue weighted by Crippen LogP contribution is 2.41. The lowest BCUT2D eigenvalue weighted by molar-refractivity contribution is 0.655. The van der Waals surface area contributed by atoms with Crippen molar-refractivity contribution in [1.29, 1.82) is 0 Å². The summed E-state index contributed by atoms with van der Waals surface area (Å²) in [5.41, 5.74) is 9.32. The topological polar surface area (TPSA) is 29.3 Å². The van der Waals surface area contributed by atoms with Crippen LogP contribution < -0.4 is 4.90 Å². The third-order valence-corrected chi connectivity index (χ3v) is 9.91. The number of hydrogen-bond acceptors (Lipinski definition) is 3. The summed E-state index contributed by atoms with van der Waals surface area (Å²) in [5, 5.41) is 9.65. The molecule has 0 saturated heterocycles. The number of pyridine rings is 1. The average Bonchev–Trinajstić information content (AvgIpc) is 3.58. The molecule has 0 N–H and O–H groups in total. The molecule has 3 heteroatoms. The van der Waals surface area contributed by atoms with Crippen LogP contribution in [0, 0.1) is 0 Å². The number of nitrogens with zero attached hydrogens (tertiary/aromatic N) is 2. The van der Waals surface area contributed by atoms with Gasteiger partial charge in [0.2, 0.25) is 5.71 Å². The number of rotatable bonds is 5. The second kappa shape index (κ2) is 11.5. The maximum Gasteiger partial charge on any atom is 0.227 e. The van der Waals surface area contributed by atoms with E-state index in [1.807, 2.05) is 6.07 Å². The number of anilines is 3. The quantitative estimate of drug-likeness (QED) is 0.176. The molecule has 10 rings (SSSR count). The summed E-state index contributed by atoms with van der Waals surface area (Å²) in [5.74, 6) is 0. The van der Waals surface area contributed by atoms with Gasteiger partial charge >= 0.3 is 0 Å². The molecule has 3 nitrogen and oxygen atoms in total. The van der Waals surface area contributed by atoms with E-state index in [0.29, 0.717) is 5.71 Å². The van der Waals surface area contributed by atoms with E-state index in [-0.39, 0.29) is 0 Å². The maximum atomic E-state index is 6.28. The fourth-order valence-corrected chi connectivity index (χ4v) is 7.49. The first-order valence-electron chi connectivity index (χ1n) is 17.0. The van der Waals surface area contributed by atoms with Gasteiger partial charge in [-0.05, 0) is 97.5 Å². The van der Waals surface area contributed by atoms with Crippen molar-refractivity contribution in [2.24, 2.45) is 0 Å². The van der Waals surface area contributed by atoms with Crippen LogP contribution in [0.3, 0.4) is 0 Å². The Balaban J connectivity index is 1.11. The lowest BCUT2D eigenvalue weighted by Crippen LogP contribution is -2.09. The van der Waals surface area contributed by atoms with Crippen molar-refractivity contribution in [2.45, 2.75) is 0 Å². The van der Waals surface area contributed by atoms with Crippen LogP contribution in [0.5, 0.6) is 0 Å². The second-order valence-corrected chi connectivity index (χ2v) is 12.8. The summed E-state index contributed by atoms with van der Waals surface area (Å²) in [6, 6.07) is 63.0. The van der Waals surface area contributed by atoms with E-state index in [4.69, 9.17) is 4.42 Å². The number of fused-ring (bicyclic) bond motifs is 8. The van der Waals surface area contributed by atoms with Crippen molar-refractivity contribution in [1.82, 2.24) is 4.98 Å². The first-order valence-corrected chi connectivity index (χ1v) is 17.0. The maximum absolute atomic E-state index is 6.28. The van der Waals surface area contributed by atoms with Crippen LogP contribution in [0.2, 0.25) is 0 Å². The third kappa shape index (κ3) is 4.63. The zero-order valence-corrected chi connectivity index (χ0v) is 27.1. The van der Waals surface area contributed by atoms with Crippen molar-refractivity contribution in [3.8, 4) is 22.3 Å². The molecule has 2 aromatic heterocycles. The standard InChI is InChI=1S/C47H30N2O/c1-2-8-31(9-3-1)32-19-23-37(24-20-32)49(39-27-28-41-36(30-39)18-17-35-16-15-33-10-4-5-11-40(33)45(35)41)38-25-21-34(22-26-38)42-12-6-13-43-44-14-7-29-48-47(44)50-46(42)43/h1-30H. The highest BCUT2D eigenvalue weighted by molar-refractivity contribution is 6.20. The molecule has 8 aromatic carbocycles. The molecule has 0 radical (unpaired) electrons. The molecular formula is C47H30N2O. The summed E-state index contributed by atoms with van der Waals surface area (Å²) >= 11 is 0. The molecule has 50 heavy (non-hydrogen) atoms. The van der Waals surface area contributed by atoms with Crippen molar-refractivity contribution < 1.29 is 4.42 Å². The summed E-state index contributed by atoms with van der Waals surface area (Å²) in [6.45, 7) is 0. The first-order chi connectivity index (χ1) is 24.8. The van der Waals surface area contributed by atoms with E-state index >= 15 is 0 Å². The molecule has 0 spiro atoms. The van der Waals surface area contributed by atoms with Gasteiger partial charge in [0.25, 0.3) is 0 Å². The molecule has 10 aromatic rings. The molecule has 0 unspecified atom stereocenters. The number of hydrogen-bond donors (Lipinski definition) is 0. The predicted molar refractivity (Wildman–Crippen MR) is 210 cm³/mol. The Bertz CT molecular complexity index is 2850. The summed E-state index contributed by atoms with van der Waals surface area (Å²) < 4.78 is 6.28. The van der Waals surface area contributed by atoms with Gasteiger partial charge in [-0.1, -0.05) is 127 Å². The van der Waals surface area contributed by atoms with Gasteiger partial charge in [0.05, 0.1) is 0 Å². The van der Waals surface area contributed by atoms with Gasteiger partial charge in [-0.25, -0.2) is 4.98 Å². The van der Waals surface area contributed by atoms with Gasteiger partial charge in [0, 0.05) is 39.6 Å². The van der Waals surface area contributed by atoms with Crippen LogP contribution in [0.1, 0.15) is 0 Å². The smallest absolute Gasteiger partial charge is 0.227 e. The van der Waals surface area contributed by atoms with Crippen molar-refractivity contribution in [3.05, 3.63) is 182 Å². The minimum Gasteiger partial charge on any atom is -0.437 e. The Morgan fingerprint density at radius 1 is 0.400 bits per heavy atom. The largest absolute Gasteiger partial charge is 0.437 e. The molecular weight excluding hydrogens is 609 g/mol. The van der Waals surface area contributed by atoms with Gasteiger partial charge in [0.1, 0.15) is 5.58 Å². The predicted octanol–water partition coefficient (Wildman–Crippen LogP) is 13.2. The van der Waals surface area contributed by atoms with E-state index in [1.54, 1.807) is 6.20 Å². The monoisotopic (exact) mass is 638 g/mol. The molecule has 0 fully saturated rings. The number of benzene rings is 8. The molecule has 2 heterocycles. The Kier molecular flexibility index (Phi) is 6.49. The molecule has 0 saturated carbocycles. The molecule has 0 bridgehead atoms. The Morgan fingerprint density at radius 2 is 1.02 bits per heavy atom. The number of para-hydroxylation sites is 1. The van der Waals surface area contributed by atoms with E-state index in [9.17, 15) is 0 Å². The van der Waals surface area contributed by atoms with Crippen molar-refractivity contribution >= 4 is 71.4 Å². The lowest BCUT2D eigenvalue weighted by atomic mass is 9.96. The van der Waals surface area contributed by atoms with Crippen LogP contribution >= 0.6 is 0 Å². The van der Waals surface area contributed by atoms with Crippen molar-refractivity contribution in [3.63, 3.8) is 0 Å². The zero-order valence-electron chi connectivity index (χ0n) is 27.1. The molecule has 0 aliphatic carbocycles. The Labute approximate surface area is 289 Å². The van der Waals surface area contributed by atoms with E-state index in [0.717, 1.165) is 44.5 Å². The fourth-order valence-electron chi connectivity index (χ4n) is 7.49. The minimum atomic E-state index is 0.661. The summed E-state index contributed by atoms with van der Waals surface area (Å²) in [7, 11) is 0. The highest BCUT2D eigenvalue weighted by atomic mass is 16.3. The number of aromatic nitrogens is 1. The Morgan fingerprint density at radius 3 is 1.84 bits per heavy atom. The summed E-state index contributed by atoms with van der Waals surface area (Å²) in [6.07, 6.45) is 1.78. The van der Waals surface area contributed by atoms with E-state index < -0.39 is 0 Å². The van der Waals surface area contributed by atoms with Gasteiger partial charge in [-0.15, -0.1) is 0 Å². The second-order valence-electron chi connectivity index (χ2n) is 12.8. The average molecular weight is 639 g/mol. The summed E-state index contributed by atoms with van der Waals surface area (Å²) in [4.78, 5) is 6.81. The van der Waals surface area contributed by atoms with Gasteiger partial charge in [-0.3, -0.25) is 0 Å². The lowest BCUT2D eigenvalue weighted by Gasteiger charge is -2.26. The first kappa shape index (κ1) is 28.3. The van der Waals surface area contributed by atoms with Gasteiger partial charge in [0.15, 0.2) is 0 Å². The molecule has 0 aliphatic heterocycles. The van der Waals surface area contributed by atoms with Gasteiger partial charge < -0.3 is 9.32 Å². The zero-order chi connectivity index (χ0) is 33.0. The Hall–Kier alpha value is -6.71. The highest BCUT2D eigenvalue weighted by Gasteiger charge is 2.17.